The highest BCUT2D eigenvalue weighted by molar-refractivity contribution is 5.75. The average Bonchev–Trinajstić information content (AvgIpc) is 2.56. The summed E-state index contributed by atoms with van der Waals surface area (Å²) < 4.78 is 1.61. The Morgan fingerprint density at radius 2 is 1.91 bits per heavy atom. The molecule has 1 aliphatic heterocycles. The Hall–Kier alpha value is -2.46. The molecule has 1 aromatic carbocycles. The maximum Gasteiger partial charge on any atom is 0.324 e. The van der Waals surface area contributed by atoms with E-state index in [0.29, 0.717) is 18.8 Å². The van der Waals surface area contributed by atoms with Crippen LogP contribution in [-0.2, 0) is 6.54 Å². The maximum atomic E-state index is 12.5. The molecule has 3 rings (SSSR count). The van der Waals surface area contributed by atoms with E-state index in [9.17, 15) is 9.90 Å². The van der Waals surface area contributed by atoms with E-state index < -0.39 is 12.1 Å². The lowest BCUT2D eigenvalue weighted by molar-refractivity contribution is -0.570. The highest BCUT2D eigenvalue weighted by Crippen LogP contribution is 2.26. The van der Waals surface area contributed by atoms with Crippen molar-refractivity contribution in [2.75, 3.05) is 4.90 Å². The number of anilines is 1. The van der Waals surface area contributed by atoms with E-state index in [4.69, 9.17) is 0 Å². The van der Waals surface area contributed by atoms with E-state index in [0.717, 1.165) is 5.56 Å². The van der Waals surface area contributed by atoms with Crippen molar-refractivity contribution < 1.29 is 14.5 Å². The van der Waals surface area contributed by atoms with E-state index >= 15 is 0 Å². The van der Waals surface area contributed by atoms with Gasteiger partial charge in [0, 0.05) is 6.07 Å². The number of fused-ring (bicyclic) bond motifs is 1. The minimum atomic E-state index is -0.854. The number of hydrogen-bond donors (Lipinski definition) is 1. The summed E-state index contributed by atoms with van der Waals surface area (Å²) in [6, 6.07) is 15.5. The van der Waals surface area contributed by atoms with Crippen LogP contribution in [0.4, 0.5) is 5.82 Å². The summed E-state index contributed by atoms with van der Waals surface area (Å²) in [5, 5.41) is 10.7. The Morgan fingerprint density at radius 1 is 1.18 bits per heavy atom. The van der Waals surface area contributed by atoms with Gasteiger partial charge in [-0.1, -0.05) is 42.5 Å². The lowest BCUT2D eigenvalue weighted by Crippen LogP contribution is -2.62. The topological polar surface area (TPSA) is 44.4 Å². The van der Waals surface area contributed by atoms with Crippen LogP contribution >= 0.6 is 0 Å². The number of aromatic nitrogens is 1. The quantitative estimate of drug-likeness (QED) is 0.694. The molecule has 0 bridgehead atoms. The zero-order valence-electron chi connectivity index (χ0n) is 12.3. The monoisotopic (exact) mass is 295 g/mol. The van der Waals surface area contributed by atoms with Crippen molar-refractivity contribution in [3.63, 3.8) is 0 Å². The zero-order chi connectivity index (χ0) is 15.5. The maximum absolute atomic E-state index is 12.5. The van der Waals surface area contributed by atoms with Gasteiger partial charge in [-0.15, -0.1) is 6.58 Å². The summed E-state index contributed by atoms with van der Waals surface area (Å²) >= 11 is 0. The largest absolute Gasteiger partial charge is 0.355 e. The summed E-state index contributed by atoms with van der Waals surface area (Å²) in [6.45, 7) is 4.25. The van der Waals surface area contributed by atoms with Crippen LogP contribution in [-0.4, -0.2) is 17.2 Å². The molecule has 0 spiro atoms. The standard InChI is InChI=1S/C18H19N2O2/c1-2-8-15-17(21)19-12-7-6-11-16(19)20(18(15)22)13-14-9-4-3-5-10-14/h2-7,9-12,15,18,22H,1,8,13H2/q+1. The summed E-state index contributed by atoms with van der Waals surface area (Å²) in [6.07, 6.45) is 3.03. The van der Waals surface area contributed by atoms with Gasteiger partial charge in [0.25, 0.3) is 5.82 Å². The van der Waals surface area contributed by atoms with Crippen molar-refractivity contribution in [3.05, 3.63) is 72.9 Å². The first-order chi connectivity index (χ1) is 10.7. The Bertz CT molecular complexity index is 684. The first-order valence-corrected chi connectivity index (χ1v) is 7.37. The van der Waals surface area contributed by atoms with E-state index in [1.807, 2.05) is 53.4 Å². The lowest BCUT2D eigenvalue weighted by Gasteiger charge is -2.32. The summed E-state index contributed by atoms with van der Waals surface area (Å²) in [4.78, 5) is 14.4. The number of pyridine rings is 1. The molecule has 2 unspecified atom stereocenters. The van der Waals surface area contributed by atoms with Crippen LogP contribution in [0.2, 0.25) is 0 Å². The Kier molecular flexibility index (Phi) is 4.02. The molecule has 2 heterocycles. The van der Waals surface area contributed by atoms with Gasteiger partial charge in [0.15, 0.2) is 0 Å². The second-order valence-electron chi connectivity index (χ2n) is 5.43. The SMILES string of the molecule is C=CCC1C(=O)[n+]2ccccc2N(Cc2ccccc2)C1O. The Balaban J connectivity index is 2.01. The first-order valence-electron chi connectivity index (χ1n) is 7.37. The van der Waals surface area contributed by atoms with E-state index in [2.05, 4.69) is 6.58 Å². The number of carbonyl (C=O) groups is 1. The molecule has 0 fully saturated rings. The average molecular weight is 295 g/mol. The van der Waals surface area contributed by atoms with Gasteiger partial charge in [0.05, 0.1) is 6.20 Å². The van der Waals surface area contributed by atoms with Gasteiger partial charge in [-0.2, -0.15) is 4.57 Å². The van der Waals surface area contributed by atoms with Crippen molar-refractivity contribution >= 4 is 11.7 Å². The minimum absolute atomic E-state index is 0.0905. The van der Waals surface area contributed by atoms with Gasteiger partial charge in [-0.25, -0.2) is 9.69 Å². The third kappa shape index (κ3) is 2.53. The summed E-state index contributed by atoms with van der Waals surface area (Å²) in [5.74, 6) is 0.123. The molecule has 0 saturated heterocycles. The summed E-state index contributed by atoms with van der Waals surface area (Å²) in [7, 11) is 0. The van der Waals surface area contributed by atoms with Crippen LogP contribution in [0.3, 0.4) is 0 Å². The smallest absolute Gasteiger partial charge is 0.324 e. The number of carbonyl (C=O) groups excluding carboxylic acids is 1. The number of aliphatic hydroxyl groups is 1. The molecule has 1 aliphatic rings. The number of rotatable bonds is 4. The van der Waals surface area contributed by atoms with Gasteiger partial charge >= 0.3 is 5.91 Å². The molecular weight excluding hydrogens is 276 g/mol. The number of benzene rings is 1. The van der Waals surface area contributed by atoms with Gasteiger partial charge < -0.3 is 5.11 Å². The fourth-order valence-electron chi connectivity index (χ4n) is 2.87. The van der Waals surface area contributed by atoms with Crippen molar-refractivity contribution in [1.29, 1.82) is 0 Å². The van der Waals surface area contributed by atoms with Crippen LogP contribution in [0.1, 0.15) is 16.8 Å². The van der Waals surface area contributed by atoms with E-state index in [-0.39, 0.29) is 5.91 Å². The van der Waals surface area contributed by atoms with Crippen LogP contribution in [0.25, 0.3) is 0 Å². The molecular formula is C18H19N2O2+. The van der Waals surface area contributed by atoms with Crippen LogP contribution < -0.4 is 9.47 Å². The predicted octanol–water partition coefficient (Wildman–Crippen LogP) is 2.15. The van der Waals surface area contributed by atoms with Crippen molar-refractivity contribution in [2.24, 2.45) is 5.92 Å². The number of nitrogens with zero attached hydrogens (tertiary/aromatic N) is 2. The molecule has 0 radical (unpaired) electrons. The molecule has 0 amide bonds. The molecule has 22 heavy (non-hydrogen) atoms. The highest BCUT2D eigenvalue weighted by atomic mass is 16.3. The molecule has 1 aromatic heterocycles. The minimum Gasteiger partial charge on any atom is -0.355 e. The van der Waals surface area contributed by atoms with Gasteiger partial charge in [-0.05, 0) is 18.1 Å². The van der Waals surface area contributed by atoms with E-state index in [1.165, 1.54) is 0 Å². The van der Waals surface area contributed by atoms with Gasteiger partial charge in [0.1, 0.15) is 12.5 Å². The molecule has 0 saturated carbocycles. The summed E-state index contributed by atoms with van der Waals surface area (Å²) in [5.41, 5.74) is 1.09. The molecule has 112 valence electrons. The normalized spacial score (nSPS) is 20.6. The Labute approximate surface area is 129 Å². The van der Waals surface area contributed by atoms with Gasteiger partial charge in [-0.3, -0.25) is 0 Å². The second-order valence-corrected chi connectivity index (χ2v) is 5.43. The van der Waals surface area contributed by atoms with Crippen molar-refractivity contribution in [3.8, 4) is 0 Å². The molecule has 2 atom stereocenters. The fourth-order valence-corrected chi connectivity index (χ4v) is 2.87. The number of aliphatic hydroxyl groups excluding tert-OH is 1. The second kappa shape index (κ2) is 6.12. The third-order valence-electron chi connectivity index (χ3n) is 3.98. The molecule has 4 heteroatoms. The third-order valence-corrected chi connectivity index (χ3v) is 3.98. The first kappa shape index (κ1) is 14.5. The highest BCUT2D eigenvalue weighted by Gasteiger charge is 2.45. The van der Waals surface area contributed by atoms with Crippen molar-refractivity contribution in [2.45, 2.75) is 19.2 Å². The predicted molar refractivity (Wildman–Crippen MR) is 84.2 cm³/mol. The van der Waals surface area contributed by atoms with Crippen LogP contribution in [0, 0.1) is 5.92 Å². The lowest BCUT2D eigenvalue weighted by atomic mass is 9.98. The van der Waals surface area contributed by atoms with Crippen LogP contribution in [0.15, 0.2) is 67.4 Å². The fraction of sp³-hybridized carbons (Fsp3) is 0.222. The van der Waals surface area contributed by atoms with Gasteiger partial charge in [0.2, 0.25) is 6.23 Å². The molecule has 1 N–H and O–H groups in total. The molecule has 2 aromatic rings. The zero-order valence-corrected chi connectivity index (χ0v) is 12.3. The Morgan fingerprint density at radius 3 is 2.64 bits per heavy atom. The van der Waals surface area contributed by atoms with Crippen LogP contribution in [0.5, 0.6) is 0 Å². The molecule has 0 aliphatic carbocycles. The number of hydrogen-bond acceptors (Lipinski definition) is 3. The van der Waals surface area contributed by atoms with Crippen molar-refractivity contribution in [1.82, 2.24) is 0 Å². The van der Waals surface area contributed by atoms with E-state index in [1.54, 1.807) is 16.8 Å². The molecule has 4 nitrogen and oxygen atoms in total. The number of allylic oxidation sites excluding steroid dienone is 1.